The van der Waals surface area contributed by atoms with Crippen LogP contribution in [0, 0.1) is 19.7 Å². The fraction of sp³-hybridized carbons (Fsp3) is 0.200. The van der Waals surface area contributed by atoms with Crippen molar-refractivity contribution in [2.45, 2.75) is 20.0 Å². The number of aryl methyl sites for hydroxylation is 2. The molecule has 0 spiro atoms. The van der Waals surface area contributed by atoms with Crippen LogP contribution in [0.5, 0.6) is 0 Å². The second-order valence-corrected chi connectivity index (χ2v) is 4.28. The number of aliphatic hydroxyl groups excluding tert-OH is 1. The van der Waals surface area contributed by atoms with Crippen molar-refractivity contribution in [2.75, 3.05) is 0 Å². The molecule has 0 aromatic heterocycles. The Hall–Kier alpha value is -1.67. The van der Waals surface area contributed by atoms with Gasteiger partial charge in [0.1, 0.15) is 11.9 Å². The van der Waals surface area contributed by atoms with E-state index in [1.54, 1.807) is 12.1 Å². The Balaban J connectivity index is 2.44. The lowest BCUT2D eigenvalue weighted by molar-refractivity contribution is 0.214. The van der Waals surface area contributed by atoms with Crippen molar-refractivity contribution < 1.29 is 9.50 Å². The molecule has 0 saturated carbocycles. The molecule has 0 aliphatic heterocycles. The topological polar surface area (TPSA) is 20.2 Å². The molecular weight excluding hydrogens is 215 g/mol. The summed E-state index contributed by atoms with van der Waals surface area (Å²) in [5.74, 6) is -0.360. The van der Waals surface area contributed by atoms with Gasteiger partial charge >= 0.3 is 0 Å². The molecule has 1 atom stereocenters. The number of benzene rings is 2. The number of aliphatic hydroxyl groups is 1. The number of rotatable bonds is 2. The van der Waals surface area contributed by atoms with Crippen molar-refractivity contribution in [1.29, 1.82) is 0 Å². The minimum atomic E-state index is -0.906. The molecule has 0 bridgehead atoms. The first kappa shape index (κ1) is 11.8. The van der Waals surface area contributed by atoms with Gasteiger partial charge in [-0.05, 0) is 36.6 Å². The highest BCUT2D eigenvalue weighted by Crippen LogP contribution is 2.26. The van der Waals surface area contributed by atoms with Crippen LogP contribution in [0.1, 0.15) is 28.4 Å². The summed E-state index contributed by atoms with van der Waals surface area (Å²) in [4.78, 5) is 0. The summed E-state index contributed by atoms with van der Waals surface area (Å²) in [6.07, 6.45) is -0.906. The van der Waals surface area contributed by atoms with Crippen LogP contribution in [-0.4, -0.2) is 5.11 Å². The van der Waals surface area contributed by atoms with Gasteiger partial charge in [0, 0.05) is 5.56 Å². The molecule has 2 aromatic rings. The molecule has 0 radical (unpaired) electrons. The first-order valence-electron chi connectivity index (χ1n) is 5.59. The maximum atomic E-state index is 13.8. The molecule has 0 saturated heterocycles. The van der Waals surface area contributed by atoms with E-state index in [0.29, 0.717) is 5.56 Å². The maximum absolute atomic E-state index is 13.8. The Labute approximate surface area is 101 Å². The van der Waals surface area contributed by atoms with Crippen molar-refractivity contribution in [3.63, 3.8) is 0 Å². The fourth-order valence-electron chi connectivity index (χ4n) is 1.92. The highest BCUT2D eigenvalue weighted by Gasteiger charge is 2.16. The van der Waals surface area contributed by atoms with Crippen LogP contribution >= 0.6 is 0 Å². The third kappa shape index (κ3) is 2.37. The monoisotopic (exact) mass is 230 g/mol. The summed E-state index contributed by atoms with van der Waals surface area (Å²) < 4.78 is 13.8. The largest absolute Gasteiger partial charge is 0.384 e. The average molecular weight is 230 g/mol. The van der Waals surface area contributed by atoms with Crippen LogP contribution in [0.2, 0.25) is 0 Å². The summed E-state index contributed by atoms with van der Waals surface area (Å²) in [5, 5.41) is 10.2. The molecule has 1 nitrogen and oxygen atoms in total. The zero-order valence-corrected chi connectivity index (χ0v) is 9.94. The Morgan fingerprint density at radius 1 is 1.00 bits per heavy atom. The molecule has 0 aliphatic carbocycles. The van der Waals surface area contributed by atoms with Gasteiger partial charge in [-0.1, -0.05) is 36.4 Å². The molecule has 0 aliphatic rings. The third-order valence-corrected chi connectivity index (χ3v) is 2.93. The minimum absolute atomic E-state index is 0.324. The summed E-state index contributed by atoms with van der Waals surface area (Å²) in [7, 11) is 0. The van der Waals surface area contributed by atoms with Crippen LogP contribution in [0.4, 0.5) is 4.39 Å². The van der Waals surface area contributed by atoms with Gasteiger partial charge in [-0.25, -0.2) is 4.39 Å². The quantitative estimate of drug-likeness (QED) is 0.836. The van der Waals surface area contributed by atoms with Crippen LogP contribution in [-0.2, 0) is 0 Å². The van der Waals surface area contributed by atoms with Gasteiger partial charge in [-0.3, -0.25) is 0 Å². The van der Waals surface area contributed by atoms with Gasteiger partial charge in [0.25, 0.3) is 0 Å². The fourth-order valence-corrected chi connectivity index (χ4v) is 1.92. The van der Waals surface area contributed by atoms with Gasteiger partial charge in [0.2, 0.25) is 0 Å². The van der Waals surface area contributed by atoms with E-state index >= 15 is 0 Å². The van der Waals surface area contributed by atoms with E-state index in [-0.39, 0.29) is 5.82 Å². The molecule has 0 heterocycles. The number of hydrogen-bond acceptors (Lipinski definition) is 1. The molecule has 1 unspecified atom stereocenters. The summed E-state index contributed by atoms with van der Waals surface area (Å²) in [6.45, 7) is 3.73. The average Bonchev–Trinajstić information content (AvgIpc) is 2.29. The van der Waals surface area contributed by atoms with E-state index < -0.39 is 6.10 Å². The van der Waals surface area contributed by atoms with E-state index in [4.69, 9.17) is 0 Å². The molecular formula is C15H15FO. The zero-order valence-electron chi connectivity index (χ0n) is 9.94. The van der Waals surface area contributed by atoms with Crippen LogP contribution in [0.15, 0.2) is 42.5 Å². The Bertz CT molecular complexity index is 534. The van der Waals surface area contributed by atoms with E-state index in [9.17, 15) is 9.50 Å². The van der Waals surface area contributed by atoms with Crippen LogP contribution in [0.25, 0.3) is 0 Å². The van der Waals surface area contributed by atoms with Gasteiger partial charge in [0.15, 0.2) is 0 Å². The third-order valence-electron chi connectivity index (χ3n) is 2.93. The smallest absolute Gasteiger partial charge is 0.129 e. The second kappa shape index (κ2) is 4.68. The highest BCUT2D eigenvalue weighted by molar-refractivity contribution is 5.36. The predicted octanol–water partition coefficient (Wildman–Crippen LogP) is 3.52. The lowest BCUT2D eigenvalue weighted by atomic mass is 9.96. The molecule has 88 valence electrons. The molecule has 0 fully saturated rings. The summed E-state index contributed by atoms with van der Waals surface area (Å²) in [6, 6.07) is 12.4. The summed E-state index contributed by atoms with van der Waals surface area (Å²) in [5.41, 5.74) is 2.88. The van der Waals surface area contributed by atoms with E-state index in [0.717, 1.165) is 16.7 Å². The normalized spacial score (nSPS) is 12.5. The van der Waals surface area contributed by atoms with E-state index in [1.165, 1.54) is 6.07 Å². The van der Waals surface area contributed by atoms with E-state index in [2.05, 4.69) is 0 Å². The lowest BCUT2D eigenvalue weighted by Crippen LogP contribution is -2.04. The highest BCUT2D eigenvalue weighted by atomic mass is 19.1. The standard InChI is InChI=1S/C15H15FO/c1-10-7-8-13(14(16)9-10)15(17)12-6-4-3-5-11(12)2/h3-9,15,17H,1-2H3. The van der Waals surface area contributed by atoms with Crippen LogP contribution in [0.3, 0.4) is 0 Å². The Morgan fingerprint density at radius 2 is 1.71 bits per heavy atom. The number of halogens is 1. The van der Waals surface area contributed by atoms with Gasteiger partial charge in [-0.15, -0.1) is 0 Å². The zero-order chi connectivity index (χ0) is 12.4. The minimum Gasteiger partial charge on any atom is -0.384 e. The van der Waals surface area contributed by atoms with Crippen molar-refractivity contribution in [3.8, 4) is 0 Å². The SMILES string of the molecule is Cc1ccc(C(O)c2ccccc2C)c(F)c1. The van der Waals surface area contributed by atoms with Crippen molar-refractivity contribution in [2.24, 2.45) is 0 Å². The first-order valence-corrected chi connectivity index (χ1v) is 5.59. The van der Waals surface area contributed by atoms with E-state index in [1.807, 2.05) is 38.1 Å². The Morgan fingerprint density at radius 3 is 2.35 bits per heavy atom. The maximum Gasteiger partial charge on any atom is 0.129 e. The number of hydrogen-bond donors (Lipinski definition) is 1. The van der Waals surface area contributed by atoms with Crippen molar-refractivity contribution in [3.05, 3.63) is 70.5 Å². The Kier molecular flexibility index (Phi) is 3.25. The van der Waals surface area contributed by atoms with Crippen molar-refractivity contribution in [1.82, 2.24) is 0 Å². The van der Waals surface area contributed by atoms with Gasteiger partial charge < -0.3 is 5.11 Å². The summed E-state index contributed by atoms with van der Waals surface area (Å²) >= 11 is 0. The molecule has 2 heteroatoms. The van der Waals surface area contributed by atoms with Gasteiger partial charge in [0.05, 0.1) is 0 Å². The van der Waals surface area contributed by atoms with Crippen molar-refractivity contribution >= 4 is 0 Å². The molecule has 17 heavy (non-hydrogen) atoms. The molecule has 0 amide bonds. The second-order valence-electron chi connectivity index (χ2n) is 4.28. The molecule has 1 N–H and O–H groups in total. The van der Waals surface area contributed by atoms with Crippen LogP contribution < -0.4 is 0 Å². The van der Waals surface area contributed by atoms with Gasteiger partial charge in [-0.2, -0.15) is 0 Å². The first-order chi connectivity index (χ1) is 8.09. The predicted molar refractivity (Wildman–Crippen MR) is 66.4 cm³/mol. The molecule has 2 aromatic carbocycles. The molecule has 2 rings (SSSR count). The lowest BCUT2D eigenvalue weighted by Gasteiger charge is -2.15.